The number of nitrogens with zero attached hydrogens (tertiary/aromatic N) is 1. The highest BCUT2D eigenvalue weighted by Gasteiger charge is 1.91. The van der Waals surface area contributed by atoms with Crippen molar-refractivity contribution in [1.82, 2.24) is 9.78 Å². The van der Waals surface area contributed by atoms with E-state index >= 15 is 0 Å². The molecule has 3 nitrogen and oxygen atoms in total. The maximum atomic E-state index is 10.4. The molecular weight excluding hydrogens is 172 g/mol. The molecule has 1 aromatic heterocycles. The largest absolute Gasteiger partial charge is 0.281 e. The Morgan fingerprint density at radius 1 is 1.88 bits per heavy atom. The molecule has 0 saturated heterocycles. The number of aromatic amines is 1. The highest BCUT2D eigenvalue weighted by molar-refractivity contribution is 9.10. The van der Waals surface area contributed by atoms with E-state index in [1.54, 1.807) is 11.7 Å². The van der Waals surface area contributed by atoms with Crippen LogP contribution in [-0.2, 0) is 7.05 Å². The van der Waals surface area contributed by atoms with Gasteiger partial charge >= 0.3 is 0 Å². The first-order valence-electron chi connectivity index (χ1n) is 2.11. The maximum absolute atomic E-state index is 10.4. The van der Waals surface area contributed by atoms with E-state index in [1.807, 2.05) is 0 Å². The lowest BCUT2D eigenvalue weighted by molar-refractivity contribution is 0.740. The van der Waals surface area contributed by atoms with Crippen molar-refractivity contribution in [2.24, 2.45) is 7.05 Å². The number of aromatic nitrogens is 2. The summed E-state index contributed by atoms with van der Waals surface area (Å²) in [4.78, 5) is 10.4. The summed E-state index contributed by atoms with van der Waals surface area (Å²) in [5.74, 6) is 0. The molecule has 0 amide bonds. The molecule has 1 rings (SSSR count). The molecule has 0 aliphatic carbocycles. The van der Waals surface area contributed by atoms with Crippen LogP contribution < -0.4 is 5.56 Å². The molecule has 0 radical (unpaired) electrons. The Balaban J connectivity index is 3.35. The lowest BCUT2D eigenvalue weighted by atomic mass is 10.7. The second kappa shape index (κ2) is 1.78. The summed E-state index contributed by atoms with van der Waals surface area (Å²) in [6, 6.07) is 1.47. The van der Waals surface area contributed by atoms with Crippen molar-refractivity contribution in [3.05, 3.63) is 21.0 Å². The average molecular weight is 177 g/mol. The predicted octanol–water partition coefficient (Wildman–Crippen LogP) is 0.476. The normalized spacial score (nSPS) is 9.75. The molecule has 1 N–H and O–H groups in total. The van der Waals surface area contributed by atoms with Crippen molar-refractivity contribution in [2.75, 3.05) is 0 Å². The van der Waals surface area contributed by atoms with Crippen LogP contribution in [0.15, 0.2) is 15.5 Å². The monoisotopic (exact) mass is 176 g/mol. The summed E-state index contributed by atoms with van der Waals surface area (Å²) in [6.45, 7) is 0. The van der Waals surface area contributed by atoms with Gasteiger partial charge in [-0.2, -0.15) is 0 Å². The SMILES string of the molecule is Cn1[nH]c(=O)cc1Br. The van der Waals surface area contributed by atoms with E-state index in [0.717, 1.165) is 4.60 Å². The van der Waals surface area contributed by atoms with Gasteiger partial charge in [-0.3, -0.25) is 14.6 Å². The number of hydrogen-bond donors (Lipinski definition) is 1. The zero-order chi connectivity index (χ0) is 6.15. The molecular formula is C4H5BrN2O. The van der Waals surface area contributed by atoms with Crippen LogP contribution in [0.25, 0.3) is 0 Å². The third-order valence-corrected chi connectivity index (χ3v) is 1.61. The van der Waals surface area contributed by atoms with Crippen LogP contribution in [0.1, 0.15) is 0 Å². The first kappa shape index (κ1) is 5.62. The van der Waals surface area contributed by atoms with Gasteiger partial charge in [-0.15, -0.1) is 0 Å². The molecule has 0 saturated carbocycles. The highest BCUT2D eigenvalue weighted by atomic mass is 79.9. The molecule has 44 valence electrons. The van der Waals surface area contributed by atoms with E-state index in [0.29, 0.717) is 0 Å². The minimum absolute atomic E-state index is 0.0839. The van der Waals surface area contributed by atoms with Crippen molar-refractivity contribution in [2.45, 2.75) is 0 Å². The third kappa shape index (κ3) is 0.838. The molecule has 0 atom stereocenters. The minimum atomic E-state index is -0.0839. The molecule has 0 aromatic carbocycles. The number of hydrogen-bond acceptors (Lipinski definition) is 1. The molecule has 0 fully saturated rings. The zero-order valence-corrected chi connectivity index (χ0v) is 5.90. The Bertz CT molecular complexity index is 214. The molecule has 0 bridgehead atoms. The van der Waals surface area contributed by atoms with Crippen LogP contribution in [0, 0.1) is 0 Å². The van der Waals surface area contributed by atoms with Gasteiger partial charge in [0, 0.05) is 13.1 Å². The molecule has 0 spiro atoms. The van der Waals surface area contributed by atoms with Crippen molar-refractivity contribution in [1.29, 1.82) is 0 Å². The van der Waals surface area contributed by atoms with Gasteiger partial charge in [-0.05, 0) is 15.9 Å². The van der Waals surface area contributed by atoms with E-state index in [-0.39, 0.29) is 5.56 Å². The van der Waals surface area contributed by atoms with Crippen LogP contribution in [0.4, 0.5) is 0 Å². The topological polar surface area (TPSA) is 37.8 Å². The van der Waals surface area contributed by atoms with Gasteiger partial charge in [-0.25, -0.2) is 0 Å². The van der Waals surface area contributed by atoms with Crippen molar-refractivity contribution in [3.8, 4) is 0 Å². The van der Waals surface area contributed by atoms with E-state index in [9.17, 15) is 4.79 Å². The Morgan fingerprint density at radius 3 is 2.62 bits per heavy atom. The number of H-pyrrole nitrogens is 1. The molecule has 1 heterocycles. The number of aryl methyl sites for hydroxylation is 1. The quantitative estimate of drug-likeness (QED) is 0.614. The Kier molecular flexibility index (Phi) is 1.25. The van der Waals surface area contributed by atoms with Gasteiger partial charge in [0.15, 0.2) is 0 Å². The maximum Gasteiger partial charge on any atom is 0.265 e. The fourth-order valence-electron chi connectivity index (χ4n) is 0.456. The Hall–Kier alpha value is -0.510. The van der Waals surface area contributed by atoms with E-state index in [1.165, 1.54) is 6.07 Å². The van der Waals surface area contributed by atoms with Gasteiger partial charge in [-0.1, -0.05) is 0 Å². The fourth-order valence-corrected chi connectivity index (χ4v) is 0.753. The van der Waals surface area contributed by atoms with E-state index < -0.39 is 0 Å². The minimum Gasteiger partial charge on any atom is -0.281 e. The summed E-state index contributed by atoms with van der Waals surface area (Å²) in [6.07, 6.45) is 0. The number of halogens is 1. The summed E-state index contributed by atoms with van der Waals surface area (Å²) in [5, 5.41) is 2.52. The first-order chi connectivity index (χ1) is 3.70. The van der Waals surface area contributed by atoms with Crippen LogP contribution in [0.2, 0.25) is 0 Å². The lowest BCUT2D eigenvalue weighted by Crippen LogP contribution is -2.00. The van der Waals surface area contributed by atoms with E-state index in [4.69, 9.17) is 0 Å². The van der Waals surface area contributed by atoms with Gasteiger partial charge in [0.2, 0.25) is 0 Å². The van der Waals surface area contributed by atoms with Crippen LogP contribution in [0.5, 0.6) is 0 Å². The fraction of sp³-hybridized carbons (Fsp3) is 0.250. The molecule has 0 aliphatic heterocycles. The molecule has 8 heavy (non-hydrogen) atoms. The summed E-state index contributed by atoms with van der Waals surface area (Å²) in [7, 11) is 1.76. The predicted molar refractivity (Wildman–Crippen MR) is 33.7 cm³/mol. The first-order valence-corrected chi connectivity index (χ1v) is 2.91. The third-order valence-electron chi connectivity index (χ3n) is 0.849. The Morgan fingerprint density at radius 2 is 2.50 bits per heavy atom. The molecule has 0 aliphatic rings. The lowest BCUT2D eigenvalue weighted by Gasteiger charge is -1.87. The standard InChI is InChI=1S/C4H5BrN2O/c1-7-3(5)2-4(8)6-7/h2H,1H3,(H,6,8). The second-order valence-corrected chi connectivity index (χ2v) is 2.31. The van der Waals surface area contributed by atoms with Crippen molar-refractivity contribution < 1.29 is 0 Å². The van der Waals surface area contributed by atoms with Crippen molar-refractivity contribution in [3.63, 3.8) is 0 Å². The summed E-state index contributed by atoms with van der Waals surface area (Å²) in [5.41, 5.74) is -0.0839. The highest BCUT2D eigenvalue weighted by Crippen LogP contribution is 2.00. The van der Waals surface area contributed by atoms with Gasteiger partial charge in [0.1, 0.15) is 4.60 Å². The molecule has 1 aromatic rings. The number of nitrogens with one attached hydrogen (secondary N) is 1. The van der Waals surface area contributed by atoms with Gasteiger partial charge < -0.3 is 0 Å². The average Bonchev–Trinajstić information content (AvgIpc) is 1.85. The zero-order valence-electron chi connectivity index (χ0n) is 4.31. The van der Waals surface area contributed by atoms with Crippen LogP contribution >= 0.6 is 15.9 Å². The van der Waals surface area contributed by atoms with Gasteiger partial charge in [0.05, 0.1) is 0 Å². The Labute approximate surface area is 54.4 Å². The summed E-state index contributed by atoms with van der Waals surface area (Å²) < 4.78 is 2.37. The number of rotatable bonds is 0. The van der Waals surface area contributed by atoms with E-state index in [2.05, 4.69) is 21.0 Å². The smallest absolute Gasteiger partial charge is 0.265 e. The van der Waals surface area contributed by atoms with Crippen LogP contribution in [0.3, 0.4) is 0 Å². The van der Waals surface area contributed by atoms with Crippen LogP contribution in [-0.4, -0.2) is 9.78 Å². The second-order valence-electron chi connectivity index (χ2n) is 1.50. The summed E-state index contributed by atoms with van der Waals surface area (Å²) >= 11 is 3.15. The molecule has 0 unspecified atom stereocenters. The molecule has 4 heteroatoms. The van der Waals surface area contributed by atoms with Gasteiger partial charge in [0.25, 0.3) is 5.56 Å². The van der Waals surface area contributed by atoms with Crippen molar-refractivity contribution >= 4 is 15.9 Å².